The Bertz CT molecular complexity index is 1540. The average Bonchev–Trinajstić information content (AvgIpc) is 2.96. The topological polar surface area (TPSA) is 139 Å². The Kier molecular flexibility index (Phi) is 10.6. The number of hydrogen-bond acceptors (Lipinski definition) is 7. The molecule has 0 aliphatic rings. The van der Waals surface area contributed by atoms with Crippen molar-refractivity contribution in [2.75, 3.05) is 24.5 Å². The van der Waals surface area contributed by atoms with E-state index in [2.05, 4.69) is 5.32 Å². The number of carbonyl (C=O) groups excluding carboxylic acids is 2. The molecule has 0 saturated carbocycles. The number of nitrogens with zero attached hydrogens (tertiary/aromatic N) is 3. The number of aryl methyl sites for hydroxylation is 2. The molecule has 1 atom stereocenters. The summed E-state index contributed by atoms with van der Waals surface area (Å²) in [5.41, 5.74) is 1.81. The molecule has 2 amide bonds. The molecule has 12 heteroatoms. The van der Waals surface area contributed by atoms with Crippen molar-refractivity contribution < 1.29 is 27.7 Å². The lowest BCUT2D eigenvalue weighted by Gasteiger charge is -2.32. The molecule has 0 heterocycles. The van der Waals surface area contributed by atoms with E-state index < -0.39 is 33.4 Å². The van der Waals surface area contributed by atoms with Gasteiger partial charge in [0, 0.05) is 24.7 Å². The molecule has 1 N–H and O–H groups in total. The predicted octanol–water partition coefficient (Wildman–Crippen LogP) is 4.36. The van der Waals surface area contributed by atoms with E-state index in [-0.39, 0.29) is 28.7 Å². The number of benzene rings is 3. The maximum Gasteiger partial charge on any atom is 0.273 e. The maximum absolute atomic E-state index is 14.0. The van der Waals surface area contributed by atoms with E-state index in [1.54, 1.807) is 19.1 Å². The van der Waals surface area contributed by atoms with Crippen molar-refractivity contribution in [2.45, 2.75) is 51.6 Å². The molecule has 0 fully saturated rings. The molecule has 0 aliphatic heterocycles. The van der Waals surface area contributed by atoms with Crippen LogP contribution in [0.15, 0.2) is 71.6 Å². The minimum Gasteiger partial charge on any atom is -0.497 e. The van der Waals surface area contributed by atoms with Crippen molar-refractivity contribution in [2.24, 2.45) is 0 Å². The SMILES string of the molecule is CCCNC(=O)C(C)N(Cc1cccc(C)c1)C(=O)CN(c1ccc(OC)cc1)S(=O)(=O)c1ccc(C)c([N+](=O)[O-])c1. The Morgan fingerprint density at radius 3 is 2.33 bits per heavy atom. The number of nitrogens with one attached hydrogen (secondary N) is 1. The fourth-order valence-electron chi connectivity index (χ4n) is 4.34. The molecule has 0 bridgehead atoms. The van der Waals surface area contributed by atoms with Gasteiger partial charge < -0.3 is 15.0 Å². The number of carbonyl (C=O) groups is 2. The van der Waals surface area contributed by atoms with Gasteiger partial charge in [-0.3, -0.25) is 24.0 Å². The number of nitro groups is 1. The number of ether oxygens (including phenoxy) is 1. The third-order valence-corrected chi connectivity index (χ3v) is 8.53. The Balaban J connectivity index is 2.08. The molecule has 0 saturated heterocycles. The van der Waals surface area contributed by atoms with E-state index in [0.29, 0.717) is 24.3 Å². The van der Waals surface area contributed by atoms with Crippen molar-refractivity contribution in [3.63, 3.8) is 0 Å². The highest BCUT2D eigenvalue weighted by Crippen LogP contribution is 2.29. The van der Waals surface area contributed by atoms with Crippen molar-refractivity contribution in [1.82, 2.24) is 10.2 Å². The summed E-state index contributed by atoms with van der Waals surface area (Å²) >= 11 is 0. The summed E-state index contributed by atoms with van der Waals surface area (Å²) in [6.07, 6.45) is 0.705. The third kappa shape index (κ3) is 7.64. The van der Waals surface area contributed by atoms with Crippen LogP contribution in [0.5, 0.6) is 5.75 Å². The first kappa shape index (κ1) is 32.1. The predicted molar refractivity (Wildman–Crippen MR) is 160 cm³/mol. The third-order valence-electron chi connectivity index (χ3n) is 6.76. The van der Waals surface area contributed by atoms with E-state index >= 15 is 0 Å². The second-order valence-electron chi connectivity index (χ2n) is 9.89. The van der Waals surface area contributed by atoms with E-state index in [0.717, 1.165) is 21.5 Å². The highest BCUT2D eigenvalue weighted by Gasteiger charge is 2.33. The average molecular weight is 597 g/mol. The summed E-state index contributed by atoms with van der Waals surface area (Å²) in [5.74, 6) is -0.529. The maximum atomic E-state index is 14.0. The molecule has 3 aromatic rings. The second-order valence-corrected chi connectivity index (χ2v) is 11.8. The minimum atomic E-state index is -4.47. The van der Waals surface area contributed by atoms with Crippen molar-refractivity contribution in [1.29, 1.82) is 0 Å². The Morgan fingerprint density at radius 1 is 1.05 bits per heavy atom. The van der Waals surface area contributed by atoms with Crippen LogP contribution in [0, 0.1) is 24.0 Å². The zero-order valence-corrected chi connectivity index (χ0v) is 25.2. The summed E-state index contributed by atoms with van der Waals surface area (Å²) in [4.78, 5) is 38.9. The lowest BCUT2D eigenvalue weighted by molar-refractivity contribution is -0.385. The molecular weight excluding hydrogens is 560 g/mol. The van der Waals surface area contributed by atoms with E-state index in [9.17, 15) is 28.1 Å². The van der Waals surface area contributed by atoms with Crippen LogP contribution in [0.25, 0.3) is 0 Å². The summed E-state index contributed by atoms with van der Waals surface area (Å²) in [5, 5.41) is 14.4. The number of sulfonamides is 1. The molecule has 1 unspecified atom stereocenters. The van der Waals surface area contributed by atoms with Crippen molar-refractivity contribution in [3.05, 3.63) is 93.5 Å². The molecule has 0 aliphatic carbocycles. The summed E-state index contributed by atoms with van der Waals surface area (Å²) in [6.45, 7) is 6.75. The first-order valence-electron chi connectivity index (χ1n) is 13.4. The molecule has 3 aromatic carbocycles. The molecule has 224 valence electrons. The van der Waals surface area contributed by atoms with Crippen molar-refractivity contribution in [3.8, 4) is 5.75 Å². The smallest absolute Gasteiger partial charge is 0.273 e. The standard InChI is InChI=1S/C30H36N4O7S/c1-6-16-31-30(36)23(4)32(19-24-9-7-8-21(2)17-24)29(35)20-33(25-11-13-26(41-5)14-12-25)42(39,40)27-15-10-22(3)28(18-27)34(37)38/h7-15,17-18,23H,6,16,19-20H2,1-5H3,(H,31,36). The van der Waals surface area contributed by atoms with Crippen molar-refractivity contribution >= 4 is 33.2 Å². The first-order valence-corrected chi connectivity index (χ1v) is 14.9. The van der Waals surface area contributed by atoms with Gasteiger partial charge in [-0.25, -0.2) is 8.42 Å². The number of methoxy groups -OCH3 is 1. The Morgan fingerprint density at radius 2 is 1.74 bits per heavy atom. The van der Waals surface area contributed by atoms with Crippen LogP contribution in [-0.4, -0.2) is 56.3 Å². The van der Waals surface area contributed by atoms with E-state index in [1.807, 2.05) is 38.1 Å². The summed E-state index contributed by atoms with van der Waals surface area (Å²) in [6, 6.07) is 16.2. The molecule has 0 radical (unpaired) electrons. The quantitative estimate of drug-likeness (QED) is 0.228. The van der Waals surface area contributed by atoms with Crippen LogP contribution >= 0.6 is 0 Å². The van der Waals surface area contributed by atoms with Gasteiger partial charge in [-0.15, -0.1) is 0 Å². The van der Waals surface area contributed by atoms with Gasteiger partial charge in [0.1, 0.15) is 18.3 Å². The van der Waals surface area contributed by atoms with Crippen LogP contribution in [-0.2, 0) is 26.2 Å². The van der Waals surface area contributed by atoms with Crippen LogP contribution in [0.4, 0.5) is 11.4 Å². The first-order chi connectivity index (χ1) is 19.9. The lowest BCUT2D eigenvalue weighted by Crippen LogP contribution is -2.51. The fraction of sp³-hybridized carbons (Fsp3) is 0.333. The van der Waals surface area contributed by atoms with Crippen LogP contribution < -0.4 is 14.4 Å². The van der Waals surface area contributed by atoms with Gasteiger partial charge in [0.15, 0.2) is 0 Å². The highest BCUT2D eigenvalue weighted by molar-refractivity contribution is 7.92. The van der Waals surface area contributed by atoms with E-state index in [4.69, 9.17) is 4.74 Å². The second kappa shape index (κ2) is 13.9. The Labute approximate surface area is 246 Å². The summed E-state index contributed by atoms with van der Waals surface area (Å²) < 4.78 is 34.1. The van der Waals surface area contributed by atoms with Crippen LogP contribution in [0.2, 0.25) is 0 Å². The molecule has 11 nitrogen and oxygen atoms in total. The number of anilines is 1. The largest absolute Gasteiger partial charge is 0.497 e. The zero-order chi connectivity index (χ0) is 31.0. The summed E-state index contributed by atoms with van der Waals surface area (Å²) in [7, 11) is -3.01. The molecular formula is C30H36N4O7S. The van der Waals surface area contributed by atoms with Gasteiger partial charge in [0.25, 0.3) is 15.7 Å². The normalized spacial score (nSPS) is 11.8. The number of amides is 2. The number of hydrogen-bond donors (Lipinski definition) is 1. The van der Waals surface area contributed by atoms with E-state index in [1.165, 1.54) is 43.2 Å². The zero-order valence-electron chi connectivity index (χ0n) is 24.4. The highest BCUT2D eigenvalue weighted by atomic mass is 32.2. The number of nitro benzene ring substituents is 1. The minimum absolute atomic E-state index is 0.0632. The lowest BCUT2D eigenvalue weighted by atomic mass is 10.1. The molecule has 0 spiro atoms. The van der Waals surface area contributed by atoms with Crippen LogP contribution in [0.1, 0.15) is 37.0 Å². The van der Waals surface area contributed by atoms with Gasteiger partial charge in [-0.2, -0.15) is 0 Å². The van der Waals surface area contributed by atoms with Gasteiger partial charge in [-0.05, 0) is 63.1 Å². The molecule has 42 heavy (non-hydrogen) atoms. The van der Waals surface area contributed by atoms with Gasteiger partial charge >= 0.3 is 0 Å². The monoisotopic (exact) mass is 596 g/mol. The number of rotatable bonds is 13. The van der Waals surface area contributed by atoms with Gasteiger partial charge in [0.2, 0.25) is 11.8 Å². The molecule has 0 aromatic heterocycles. The fourth-order valence-corrected chi connectivity index (χ4v) is 5.77. The van der Waals surface area contributed by atoms with Gasteiger partial charge in [0.05, 0.1) is 22.6 Å². The van der Waals surface area contributed by atoms with Gasteiger partial charge in [-0.1, -0.05) is 42.8 Å². The Hall–Kier alpha value is -4.45. The molecule has 3 rings (SSSR count). The van der Waals surface area contributed by atoms with Crippen LogP contribution in [0.3, 0.4) is 0 Å².